The van der Waals surface area contributed by atoms with E-state index < -0.39 is 10.0 Å². The van der Waals surface area contributed by atoms with E-state index in [9.17, 15) is 18.0 Å². The first-order valence-electron chi connectivity index (χ1n) is 12.4. The maximum Gasteiger partial charge on any atom is 0.253 e. The molecule has 0 N–H and O–H groups in total. The first kappa shape index (κ1) is 21.4. The molecule has 2 heterocycles. The molecule has 0 spiro atoms. The average molecular weight is 472 g/mol. The molecule has 2 aliphatic heterocycles. The third kappa shape index (κ3) is 3.56. The highest BCUT2D eigenvalue weighted by Gasteiger charge is 2.55. The Morgan fingerprint density at radius 1 is 0.879 bits per heavy atom. The van der Waals surface area contributed by atoms with Gasteiger partial charge < -0.3 is 9.80 Å². The summed E-state index contributed by atoms with van der Waals surface area (Å²) in [5, 5.41) is 0. The predicted molar refractivity (Wildman–Crippen MR) is 125 cm³/mol. The molecule has 4 saturated carbocycles. The van der Waals surface area contributed by atoms with Crippen LogP contribution >= 0.6 is 0 Å². The number of fused-ring (bicyclic) bond motifs is 1. The maximum absolute atomic E-state index is 13.6. The summed E-state index contributed by atoms with van der Waals surface area (Å²) in [6.07, 6.45) is 9.07. The van der Waals surface area contributed by atoms with Crippen LogP contribution in [-0.2, 0) is 21.2 Å². The number of carbonyl (C=O) groups excluding carboxylic acids is 2. The summed E-state index contributed by atoms with van der Waals surface area (Å²) in [6.45, 7) is 2.77. The van der Waals surface area contributed by atoms with Gasteiger partial charge in [0.2, 0.25) is 15.9 Å². The summed E-state index contributed by atoms with van der Waals surface area (Å²) in [6, 6.07) is 5.33. The standard InChI is InChI=1S/C25H33N3O4S/c1-33(31,32)28-5-4-20-13-21(2-3-22(20)28)23(29)26-6-8-27(9-7-26)24(30)25-14-17-10-18(15-25)12-19(11-17)16-25/h2-3,13,17-19H,4-12,14-16H2,1H3. The molecule has 5 fully saturated rings. The average Bonchev–Trinajstić information content (AvgIpc) is 3.21. The van der Waals surface area contributed by atoms with Crippen molar-refractivity contribution in [2.45, 2.75) is 44.9 Å². The Morgan fingerprint density at radius 3 is 2.03 bits per heavy atom. The molecule has 0 aromatic heterocycles. The molecule has 178 valence electrons. The van der Waals surface area contributed by atoms with E-state index in [0.29, 0.717) is 56.3 Å². The van der Waals surface area contributed by atoms with E-state index in [1.165, 1.54) is 29.8 Å². The number of carbonyl (C=O) groups is 2. The lowest BCUT2D eigenvalue weighted by atomic mass is 9.49. The molecule has 4 bridgehead atoms. The van der Waals surface area contributed by atoms with Crippen LogP contribution < -0.4 is 4.31 Å². The normalized spacial score (nSPS) is 32.9. The van der Waals surface area contributed by atoms with Gasteiger partial charge in [-0.3, -0.25) is 13.9 Å². The summed E-state index contributed by atoms with van der Waals surface area (Å²) in [4.78, 5) is 30.6. The largest absolute Gasteiger partial charge is 0.339 e. The number of hydrogen-bond donors (Lipinski definition) is 0. The maximum atomic E-state index is 13.6. The van der Waals surface area contributed by atoms with Crippen molar-refractivity contribution in [3.8, 4) is 0 Å². The fourth-order valence-electron chi connectivity index (χ4n) is 7.85. The summed E-state index contributed by atoms with van der Waals surface area (Å²) in [7, 11) is -3.30. The minimum Gasteiger partial charge on any atom is -0.339 e. The molecule has 7 rings (SSSR count). The van der Waals surface area contributed by atoms with Crippen LogP contribution in [0.4, 0.5) is 5.69 Å². The van der Waals surface area contributed by atoms with Crippen LogP contribution in [0.15, 0.2) is 18.2 Å². The molecule has 1 saturated heterocycles. The first-order chi connectivity index (χ1) is 15.7. The molecule has 8 heteroatoms. The predicted octanol–water partition coefficient (Wildman–Crippen LogP) is 2.51. The number of sulfonamides is 1. The highest BCUT2D eigenvalue weighted by molar-refractivity contribution is 7.92. The van der Waals surface area contributed by atoms with Crippen molar-refractivity contribution in [3.05, 3.63) is 29.3 Å². The second-order valence-electron chi connectivity index (χ2n) is 11.2. The zero-order valence-electron chi connectivity index (χ0n) is 19.3. The summed E-state index contributed by atoms with van der Waals surface area (Å²) < 4.78 is 25.3. The molecule has 0 unspecified atom stereocenters. The van der Waals surface area contributed by atoms with E-state index in [1.54, 1.807) is 12.1 Å². The van der Waals surface area contributed by atoms with Crippen molar-refractivity contribution < 1.29 is 18.0 Å². The van der Waals surface area contributed by atoms with E-state index in [4.69, 9.17) is 0 Å². The lowest BCUT2D eigenvalue weighted by Gasteiger charge is -2.57. The van der Waals surface area contributed by atoms with Crippen LogP contribution in [0, 0.1) is 23.2 Å². The second kappa shape index (κ2) is 7.45. The minimum absolute atomic E-state index is 0.0301. The fourth-order valence-corrected chi connectivity index (χ4v) is 8.81. The Labute approximate surface area is 196 Å². The smallest absolute Gasteiger partial charge is 0.253 e. The molecular weight excluding hydrogens is 438 g/mol. The quantitative estimate of drug-likeness (QED) is 0.679. The van der Waals surface area contributed by atoms with Crippen molar-refractivity contribution in [2.24, 2.45) is 23.2 Å². The second-order valence-corrected chi connectivity index (χ2v) is 13.1. The molecule has 6 aliphatic rings. The fraction of sp³-hybridized carbons (Fsp3) is 0.680. The molecule has 2 amide bonds. The number of nitrogens with zero attached hydrogens (tertiary/aromatic N) is 3. The minimum atomic E-state index is -3.30. The molecular formula is C25H33N3O4S. The number of piperazine rings is 1. The zero-order valence-corrected chi connectivity index (χ0v) is 20.1. The third-order valence-corrected chi connectivity index (χ3v) is 10.1. The zero-order chi connectivity index (χ0) is 23.0. The van der Waals surface area contributed by atoms with Gasteiger partial charge in [-0.25, -0.2) is 8.42 Å². The molecule has 1 aromatic rings. The van der Waals surface area contributed by atoms with Gasteiger partial charge in [-0.1, -0.05) is 0 Å². The van der Waals surface area contributed by atoms with Gasteiger partial charge in [-0.15, -0.1) is 0 Å². The summed E-state index contributed by atoms with van der Waals surface area (Å²) in [5.74, 6) is 2.58. The number of rotatable bonds is 3. The van der Waals surface area contributed by atoms with Crippen LogP contribution in [0.3, 0.4) is 0 Å². The van der Waals surface area contributed by atoms with Gasteiger partial charge in [0.15, 0.2) is 0 Å². The van der Waals surface area contributed by atoms with Gasteiger partial charge in [0.25, 0.3) is 5.91 Å². The van der Waals surface area contributed by atoms with Gasteiger partial charge >= 0.3 is 0 Å². The van der Waals surface area contributed by atoms with Crippen LogP contribution in [0.5, 0.6) is 0 Å². The number of benzene rings is 1. The monoisotopic (exact) mass is 471 g/mol. The van der Waals surface area contributed by atoms with E-state index in [1.807, 2.05) is 15.9 Å². The highest BCUT2D eigenvalue weighted by atomic mass is 32.2. The first-order valence-corrected chi connectivity index (χ1v) is 14.3. The Kier molecular flexibility index (Phi) is 4.84. The van der Waals surface area contributed by atoms with Gasteiger partial charge in [-0.05, 0) is 86.5 Å². The Morgan fingerprint density at radius 2 is 1.45 bits per heavy atom. The van der Waals surface area contributed by atoms with Gasteiger partial charge in [0, 0.05) is 38.3 Å². The number of amides is 2. The van der Waals surface area contributed by atoms with E-state index in [2.05, 4.69) is 0 Å². The van der Waals surface area contributed by atoms with Crippen molar-refractivity contribution >= 4 is 27.5 Å². The van der Waals surface area contributed by atoms with Gasteiger partial charge in [-0.2, -0.15) is 0 Å². The molecule has 0 radical (unpaired) electrons. The van der Waals surface area contributed by atoms with Crippen molar-refractivity contribution in [2.75, 3.05) is 43.3 Å². The summed E-state index contributed by atoms with van der Waals surface area (Å²) >= 11 is 0. The van der Waals surface area contributed by atoms with Crippen LogP contribution in [0.2, 0.25) is 0 Å². The highest BCUT2D eigenvalue weighted by Crippen LogP contribution is 2.60. The van der Waals surface area contributed by atoms with Crippen molar-refractivity contribution in [1.29, 1.82) is 0 Å². The van der Waals surface area contributed by atoms with E-state index in [-0.39, 0.29) is 11.3 Å². The SMILES string of the molecule is CS(=O)(=O)N1CCc2cc(C(=O)N3CCN(C(=O)C45CC6CC(CC(C6)C4)C5)CC3)ccc21. The molecule has 33 heavy (non-hydrogen) atoms. The van der Waals surface area contributed by atoms with E-state index in [0.717, 1.165) is 42.6 Å². The Balaban J connectivity index is 1.11. The molecule has 4 aliphatic carbocycles. The van der Waals surface area contributed by atoms with Crippen molar-refractivity contribution in [1.82, 2.24) is 9.80 Å². The molecule has 7 nitrogen and oxygen atoms in total. The molecule has 0 atom stereocenters. The van der Waals surface area contributed by atoms with E-state index >= 15 is 0 Å². The molecule has 1 aromatic carbocycles. The topological polar surface area (TPSA) is 78.0 Å². The third-order valence-electron chi connectivity index (χ3n) is 8.93. The van der Waals surface area contributed by atoms with Gasteiger partial charge in [0.05, 0.1) is 17.4 Å². The lowest BCUT2D eigenvalue weighted by molar-refractivity contribution is -0.159. The van der Waals surface area contributed by atoms with Crippen molar-refractivity contribution in [3.63, 3.8) is 0 Å². The van der Waals surface area contributed by atoms with Crippen LogP contribution in [0.1, 0.15) is 54.4 Å². The lowest BCUT2D eigenvalue weighted by Crippen LogP contribution is -2.58. The van der Waals surface area contributed by atoms with Gasteiger partial charge in [0.1, 0.15) is 0 Å². The number of anilines is 1. The van der Waals surface area contributed by atoms with Crippen LogP contribution in [-0.4, -0.2) is 69.0 Å². The van der Waals surface area contributed by atoms with Crippen LogP contribution in [0.25, 0.3) is 0 Å². The summed E-state index contributed by atoms with van der Waals surface area (Å²) in [5.41, 5.74) is 2.07. The Bertz CT molecular complexity index is 1070. The number of hydrogen-bond acceptors (Lipinski definition) is 4. The Hall–Kier alpha value is -2.09.